The average molecular weight is 927 g/mol. The molecular formula is C42H86O21. The van der Waals surface area contributed by atoms with Crippen LogP contribution in [-0.2, 0) is 90.0 Å². The molecule has 380 valence electrons. The average Bonchev–Trinajstić information content (AvgIpc) is 3.29. The lowest BCUT2D eigenvalue weighted by Gasteiger charge is -2.13. The predicted octanol–water partition coefficient (Wildman–Crippen LogP) is 0.0650. The fourth-order valence-corrected chi connectivity index (χ4v) is 4.49. The standard InChI is InChI=1S/C42H86O21/c1-42(2-5-45-8-11-48-14-17-51-20-23-54-26-27-55-24-21-52-18-15-49-12-9-46-6-3-43)63-41-40-62-39-38-61-37-36-60-35-34-59-33-32-58-31-30-57-29-28-56-25-22-53-19-16-50-13-10-47-7-4-44/h42-44H,2-41H2,1H3. The van der Waals surface area contributed by atoms with Crippen LogP contribution < -0.4 is 0 Å². The topological polar surface area (TPSA) is 216 Å². The molecule has 0 aromatic carbocycles. The normalized spacial score (nSPS) is 12.2. The van der Waals surface area contributed by atoms with Crippen LogP contribution in [0.15, 0.2) is 0 Å². The maximum atomic E-state index is 8.60. The van der Waals surface area contributed by atoms with E-state index in [0.29, 0.717) is 244 Å². The third-order valence-electron chi connectivity index (χ3n) is 7.72. The Balaban J connectivity index is 3.14. The van der Waals surface area contributed by atoms with Crippen molar-refractivity contribution in [3.63, 3.8) is 0 Å². The molecule has 63 heavy (non-hydrogen) atoms. The molecule has 0 aliphatic carbocycles. The van der Waals surface area contributed by atoms with Gasteiger partial charge in [0.05, 0.1) is 257 Å². The Hall–Kier alpha value is -0.840. The number of hydrogen-bond acceptors (Lipinski definition) is 21. The summed E-state index contributed by atoms with van der Waals surface area (Å²) in [6.07, 6.45) is 0.864. The number of ether oxygens (including phenoxy) is 19. The number of hydrogen-bond donors (Lipinski definition) is 2. The molecule has 0 rings (SSSR count). The minimum atomic E-state index is 0.0197. The van der Waals surface area contributed by atoms with Gasteiger partial charge in [0.2, 0.25) is 0 Å². The molecule has 0 saturated carbocycles. The Morgan fingerprint density at radius 2 is 0.349 bits per heavy atom. The quantitative estimate of drug-likeness (QED) is 0.0772. The SMILES string of the molecule is CC(CCOCCOCCOCCOCCOCCOCCOCCOCCO)OCCOCCOCCOCCOCCOCCOCCOCCOCCOCCOCCO. The highest BCUT2D eigenvalue weighted by molar-refractivity contribution is 4.50. The second kappa shape index (κ2) is 59.2. The van der Waals surface area contributed by atoms with E-state index in [-0.39, 0.29) is 19.3 Å². The monoisotopic (exact) mass is 927 g/mol. The van der Waals surface area contributed by atoms with Crippen molar-refractivity contribution in [1.82, 2.24) is 0 Å². The molecule has 0 bridgehead atoms. The van der Waals surface area contributed by atoms with E-state index in [9.17, 15) is 0 Å². The molecule has 21 heteroatoms. The predicted molar refractivity (Wildman–Crippen MR) is 229 cm³/mol. The van der Waals surface area contributed by atoms with Gasteiger partial charge in [0.1, 0.15) is 0 Å². The van der Waals surface area contributed by atoms with E-state index >= 15 is 0 Å². The van der Waals surface area contributed by atoms with Gasteiger partial charge in [-0.05, 0) is 13.3 Å². The summed E-state index contributed by atoms with van der Waals surface area (Å²) < 4.78 is 104. The van der Waals surface area contributed by atoms with Gasteiger partial charge in [0, 0.05) is 6.61 Å². The zero-order valence-corrected chi connectivity index (χ0v) is 38.5. The minimum absolute atomic E-state index is 0.0197. The molecule has 1 unspecified atom stereocenters. The van der Waals surface area contributed by atoms with Gasteiger partial charge in [0.25, 0.3) is 0 Å². The third-order valence-corrected chi connectivity index (χ3v) is 7.72. The third kappa shape index (κ3) is 59.1. The summed E-state index contributed by atoms with van der Waals surface area (Å²) >= 11 is 0. The summed E-state index contributed by atoms with van der Waals surface area (Å²) in [5, 5.41) is 17.2. The van der Waals surface area contributed by atoms with Crippen LogP contribution in [0.3, 0.4) is 0 Å². The second-order valence-corrected chi connectivity index (χ2v) is 12.9. The van der Waals surface area contributed by atoms with E-state index in [1.807, 2.05) is 6.92 Å². The van der Waals surface area contributed by atoms with Gasteiger partial charge >= 0.3 is 0 Å². The van der Waals surface area contributed by atoms with E-state index in [1.54, 1.807) is 0 Å². The zero-order valence-electron chi connectivity index (χ0n) is 38.5. The van der Waals surface area contributed by atoms with Crippen molar-refractivity contribution in [1.29, 1.82) is 0 Å². The Kier molecular flexibility index (Phi) is 58.4. The van der Waals surface area contributed by atoms with Crippen molar-refractivity contribution < 1.29 is 100 Å². The Morgan fingerprint density at radius 3 is 0.524 bits per heavy atom. The highest BCUT2D eigenvalue weighted by atomic mass is 16.6. The van der Waals surface area contributed by atoms with Crippen molar-refractivity contribution in [2.24, 2.45) is 0 Å². The van der Waals surface area contributed by atoms with Crippen molar-refractivity contribution in [2.45, 2.75) is 19.4 Å². The minimum Gasteiger partial charge on any atom is -0.394 e. The molecule has 0 aliphatic rings. The molecule has 21 nitrogen and oxygen atoms in total. The fraction of sp³-hybridized carbons (Fsp3) is 1.00. The van der Waals surface area contributed by atoms with E-state index in [2.05, 4.69) is 0 Å². The van der Waals surface area contributed by atoms with Crippen molar-refractivity contribution >= 4 is 0 Å². The van der Waals surface area contributed by atoms with Crippen LogP contribution in [0, 0.1) is 0 Å². The van der Waals surface area contributed by atoms with Crippen molar-refractivity contribution in [3.8, 4) is 0 Å². The maximum absolute atomic E-state index is 8.60. The van der Waals surface area contributed by atoms with E-state index in [0.717, 1.165) is 6.42 Å². The van der Waals surface area contributed by atoms with Gasteiger partial charge in [-0.15, -0.1) is 0 Å². The molecule has 0 fully saturated rings. The zero-order chi connectivity index (χ0) is 45.3. The molecule has 0 aliphatic heterocycles. The van der Waals surface area contributed by atoms with Crippen LogP contribution >= 0.6 is 0 Å². The van der Waals surface area contributed by atoms with Crippen LogP contribution in [0.5, 0.6) is 0 Å². The summed E-state index contributed by atoms with van der Waals surface area (Å²) in [5.41, 5.74) is 0. The second-order valence-electron chi connectivity index (χ2n) is 12.9. The molecule has 1 atom stereocenters. The highest BCUT2D eigenvalue weighted by Gasteiger charge is 2.03. The van der Waals surface area contributed by atoms with E-state index in [4.69, 9.17) is 100 Å². The molecular weight excluding hydrogens is 840 g/mol. The summed E-state index contributed by atoms with van der Waals surface area (Å²) in [7, 11) is 0. The lowest BCUT2D eigenvalue weighted by atomic mass is 10.3. The largest absolute Gasteiger partial charge is 0.394 e. The van der Waals surface area contributed by atoms with E-state index < -0.39 is 0 Å². The first-order valence-corrected chi connectivity index (χ1v) is 22.5. The molecule has 0 aromatic rings. The molecule has 0 heterocycles. The Labute approximate surface area is 376 Å². The fourth-order valence-electron chi connectivity index (χ4n) is 4.49. The van der Waals surface area contributed by atoms with Gasteiger partial charge in [-0.25, -0.2) is 0 Å². The first-order valence-electron chi connectivity index (χ1n) is 22.5. The maximum Gasteiger partial charge on any atom is 0.0704 e. The molecule has 0 radical (unpaired) electrons. The van der Waals surface area contributed by atoms with Crippen LogP contribution in [0.2, 0.25) is 0 Å². The molecule has 0 amide bonds. The van der Waals surface area contributed by atoms with Crippen LogP contribution in [0.4, 0.5) is 0 Å². The van der Waals surface area contributed by atoms with Crippen LogP contribution in [0.25, 0.3) is 0 Å². The van der Waals surface area contributed by atoms with Crippen LogP contribution in [0.1, 0.15) is 13.3 Å². The van der Waals surface area contributed by atoms with Gasteiger partial charge in [0.15, 0.2) is 0 Å². The van der Waals surface area contributed by atoms with Gasteiger partial charge in [-0.2, -0.15) is 0 Å². The van der Waals surface area contributed by atoms with Crippen LogP contribution in [-0.4, -0.2) is 274 Å². The lowest BCUT2D eigenvalue weighted by molar-refractivity contribution is -0.0335. The number of aliphatic hydroxyl groups excluding tert-OH is 2. The Morgan fingerprint density at radius 1 is 0.206 bits per heavy atom. The number of rotatable bonds is 59. The summed E-state index contributed by atoms with van der Waals surface area (Å²) in [6.45, 7) is 20.2. The smallest absolute Gasteiger partial charge is 0.0704 e. The summed E-state index contributed by atoms with van der Waals surface area (Å²) in [4.78, 5) is 0. The number of aliphatic hydroxyl groups is 2. The molecule has 0 saturated heterocycles. The Bertz CT molecular complexity index is 796. The first kappa shape index (κ1) is 62.2. The van der Waals surface area contributed by atoms with Crippen molar-refractivity contribution in [2.75, 3.05) is 258 Å². The molecule has 0 spiro atoms. The molecule has 2 N–H and O–H groups in total. The summed E-state index contributed by atoms with van der Waals surface area (Å²) in [5.74, 6) is 0. The van der Waals surface area contributed by atoms with E-state index in [1.165, 1.54) is 0 Å². The van der Waals surface area contributed by atoms with Crippen molar-refractivity contribution in [3.05, 3.63) is 0 Å². The first-order chi connectivity index (χ1) is 31.3. The molecule has 0 aromatic heterocycles. The lowest BCUT2D eigenvalue weighted by Crippen LogP contribution is -2.17. The van der Waals surface area contributed by atoms with Gasteiger partial charge < -0.3 is 100 Å². The van der Waals surface area contributed by atoms with Gasteiger partial charge in [-0.3, -0.25) is 0 Å². The summed E-state index contributed by atoms with van der Waals surface area (Å²) in [6, 6.07) is 0. The van der Waals surface area contributed by atoms with Gasteiger partial charge in [-0.1, -0.05) is 0 Å². The highest BCUT2D eigenvalue weighted by Crippen LogP contribution is 1.98.